The van der Waals surface area contributed by atoms with Crippen LogP contribution in [0.5, 0.6) is 11.5 Å². The molecule has 0 unspecified atom stereocenters. The number of hydrogen-bond acceptors (Lipinski definition) is 5. The molecule has 0 heterocycles. The molecule has 7 nitrogen and oxygen atoms in total. The number of rotatable bonds is 5. The number of benzene rings is 2. The predicted molar refractivity (Wildman–Crippen MR) is 98.0 cm³/mol. The number of nitro benzene ring substituents is 1. The van der Waals surface area contributed by atoms with E-state index in [1.54, 1.807) is 25.1 Å². The Kier molecular flexibility index (Phi) is 5.60. The minimum atomic E-state index is -0.505. The lowest BCUT2D eigenvalue weighted by Gasteiger charge is -2.13. The largest absolute Gasteiger partial charge is 0.493 e. The molecule has 1 amide bonds. The topological polar surface area (TPSA) is 90.7 Å². The Balaban J connectivity index is 2.37. The highest BCUT2D eigenvalue weighted by Gasteiger charge is 2.17. The number of nitro groups is 1. The van der Waals surface area contributed by atoms with Crippen molar-refractivity contribution in [2.45, 2.75) is 6.92 Å². The van der Waals surface area contributed by atoms with Crippen LogP contribution in [0.15, 0.2) is 30.3 Å². The normalized spacial score (nSPS) is 10.2. The number of hydrogen-bond donors (Lipinski definition) is 1. The summed E-state index contributed by atoms with van der Waals surface area (Å²) in [6, 6.07) is 7.58. The van der Waals surface area contributed by atoms with Gasteiger partial charge in [-0.05, 0) is 47.2 Å². The molecule has 0 aliphatic heterocycles. The van der Waals surface area contributed by atoms with Crippen LogP contribution in [0.2, 0.25) is 0 Å². The molecular weight excluding hydrogens is 427 g/mol. The van der Waals surface area contributed by atoms with Gasteiger partial charge in [-0.25, -0.2) is 0 Å². The van der Waals surface area contributed by atoms with Gasteiger partial charge < -0.3 is 14.8 Å². The molecule has 2 rings (SSSR count). The molecule has 0 spiro atoms. The van der Waals surface area contributed by atoms with Crippen molar-refractivity contribution in [3.8, 4) is 11.5 Å². The fourth-order valence-electron chi connectivity index (χ4n) is 2.08. The lowest BCUT2D eigenvalue weighted by atomic mass is 10.1. The number of anilines is 1. The van der Waals surface area contributed by atoms with E-state index < -0.39 is 4.92 Å². The second-order valence-corrected chi connectivity index (χ2v) is 6.06. The van der Waals surface area contributed by atoms with Gasteiger partial charge >= 0.3 is 0 Å². The van der Waals surface area contributed by atoms with Crippen molar-refractivity contribution in [3.05, 3.63) is 55.1 Å². The van der Waals surface area contributed by atoms with Gasteiger partial charge in [-0.3, -0.25) is 14.9 Å². The Bertz CT molecular complexity index is 807. The van der Waals surface area contributed by atoms with Crippen LogP contribution in [0.1, 0.15) is 15.9 Å². The van der Waals surface area contributed by atoms with Crippen molar-refractivity contribution in [2.75, 3.05) is 19.5 Å². The zero-order valence-corrected chi connectivity index (χ0v) is 15.4. The molecule has 0 bridgehead atoms. The fourth-order valence-corrected chi connectivity index (χ4v) is 2.76. The van der Waals surface area contributed by atoms with Gasteiger partial charge in [0.05, 0.1) is 30.4 Å². The number of nitrogens with one attached hydrogen (secondary N) is 1. The van der Waals surface area contributed by atoms with E-state index in [0.717, 1.165) is 5.56 Å². The lowest BCUT2D eigenvalue weighted by molar-refractivity contribution is -0.384. The molecule has 0 atom stereocenters. The summed E-state index contributed by atoms with van der Waals surface area (Å²) in [5.41, 5.74) is 1.42. The average Bonchev–Trinajstić information content (AvgIpc) is 2.56. The van der Waals surface area contributed by atoms with Crippen molar-refractivity contribution in [3.63, 3.8) is 0 Å². The summed E-state index contributed by atoms with van der Waals surface area (Å²) in [5, 5.41) is 13.6. The predicted octanol–water partition coefficient (Wildman–Crippen LogP) is 3.78. The van der Waals surface area contributed by atoms with Crippen LogP contribution in [0.25, 0.3) is 0 Å². The van der Waals surface area contributed by atoms with Crippen molar-refractivity contribution in [2.24, 2.45) is 0 Å². The first-order valence-corrected chi connectivity index (χ1v) is 7.93. The molecule has 0 saturated heterocycles. The highest BCUT2D eigenvalue weighted by molar-refractivity contribution is 14.1. The van der Waals surface area contributed by atoms with Crippen LogP contribution in [-0.4, -0.2) is 25.1 Å². The molecule has 2 aromatic rings. The summed E-state index contributed by atoms with van der Waals surface area (Å²) in [7, 11) is 3.00. The molecule has 2 aromatic carbocycles. The molecule has 8 heteroatoms. The fraction of sp³-hybridized carbons (Fsp3) is 0.188. The smallest absolute Gasteiger partial charge is 0.271 e. The summed E-state index contributed by atoms with van der Waals surface area (Å²) in [6.45, 7) is 1.76. The van der Waals surface area contributed by atoms with Crippen LogP contribution < -0.4 is 14.8 Å². The first-order valence-electron chi connectivity index (χ1n) is 6.85. The van der Waals surface area contributed by atoms with E-state index in [4.69, 9.17) is 9.47 Å². The van der Waals surface area contributed by atoms with E-state index in [0.29, 0.717) is 26.3 Å². The third-order valence-electron chi connectivity index (χ3n) is 3.40. The number of aryl methyl sites for hydroxylation is 1. The summed E-state index contributed by atoms with van der Waals surface area (Å²) in [4.78, 5) is 22.9. The van der Waals surface area contributed by atoms with Gasteiger partial charge in [0.15, 0.2) is 11.5 Å². The number of amides is 1. The van der Waals surface area contributed by atoms with Crippen molar-refractivity contribution in [1.82, 2.24) is 0 Å². The van der Waals surface area contributed by atoms with Gasteiger partial charge in [-0.2, -0.15) is 0 Å². The molecule has 0 aliphatic carbocycles. The summed E-state index contributed by atoms with van der Waals surface area (Å²) >= 11 is 2.02. The Hall–Kier alpha value is -2.36. The van der Waals surface area contributed by atoms with E-state index in [9.17, 15) is 14.9 Å². The van der Waals surface area contributed by atoms with Crippen LogP contribution in [0.4, 0.5) is 11.4 Å². The first-order chi connectivity index (χ1) is 11.4. The Labute approximate surface area is 152 Å². The third kappa shape index (κ3) is 3.75. The number of ether oxygens (including phenoxy) is 2. The number of nitrogens with zero attached hydrogens (tertiary/aromatic N) is 1. The van der Waals surface area contributed by atoms with Crippen LogP contribution in [0, 0.1) is 20.6 Å². The van der Waals surface area contributed by atoms with Crippen LogP contribution in [0.3, 0.4) is 0 Å². The maximum atomic E-state index is 12.6. The Morgan fingerprint density at radius 1 is 1.17 bits per heavy atom. The van der Waals surface area contributed by atoms with E-state index >= 15 is 0 Å². The molecule has 0 aliphatic rings. The van der Waals surface area contributed by atoms with Gasteiger partial charge in [-0.15, -0.1) is 0 Å². The lowest BCUT2D eigenvalue weighted by Crippen LogP contribution is -2.15. The number of non-ortho nitro benzene ring substituents is 1. The van der Waals surface area contributed by atoms with E-state index in [1.165, 1.54) is 26.4 Å². The van der Waals surface area contributed by atoms with E-state index in [2.05, 4.69) is 5.32 Å². The maximum absolute atomic E-state index is 12.6. The first kappa shape index (κ1) is 18.0. The van der Waals surface area contributed by atoms with Gasteiger partial charge in [0.2, 0.25) is 0 Å². The highest BCUT2D eigenvalue weighted by atomic mass is 127. The minimum Gasteiger partial charge on any atom is -0.493 e. The summed E-state index contributed by atoms with van der Waals surface area (Å²) < 4.78 is 11.1. The number of carbonyl (C=O) groups is 1. The second kappa shape index (κ2) is 7.47. The molecule has 0 saturated carbocycles. The van der Waals surface area contributed by atoms with Gasteiger partial charge in [-0.1, -0.05) is 6.07 Å². The molecular formula is C16H15IN2O5. The van der Waals surface area contributed by atoms with E-state index in [1.807, 2.05) is 22.6 Å². The van der Waals surface area contributed by atoms with Crippen LogP contribution in [-0.2, 0) is 0 Å². The molecule has 0 fully saturated rings. The van der Waals surface area contributed by atoms with Crippen molar-refractivity contribution in [1.29, 1.82) is 0 Å². The average molecular weight is 442 g/mol. The molecule has 1 N–H and O–H groups in total. The van der Waals surface area contributed by atoms with Crippen molar-refractivity contribution < 1.29 is 19.2 Å². The quantitative estimate of drug-likeness (QED) is 0.433. The molecule has 0 aromatic heterocycles. The summed E-state index contributed by atoms with van der Waals surface area (Å²) in [6.07, 6.45) is 0. The minimum absolute atomic E-state index is 0.0853. The van der Waals surface area contributed by atoms with E-state index in [-0.39, 0.29) is 11.6 Å². The SMILES string of the molecule is COc1cc(I)c(C(=O)Nc2cc([N+](=O)[O-])ccc2C)cc1OC. The molecule has 0 radical (unpaired) electrons. The van der Waals surface area contributed by atoms with Gasteiger partial charge in [0.25, 0.3) is 11.6 Å². The second-order valence-electron chi connectivity index (χ2n) is 4.90. The monoisotopic (exact) mass is 442 g/mol. The Morgan fingerprint density at radius 2 is 1.79 bits per heavy atom. The molecule has 126 valence electrons. The standard InChI is InChI=1S/C16H15IN2O5/c1-9-4-5-10(19(21)22)6-13(9)18-16(20)11-7-14(23-2)15(24-3)8-12(11)17/h4-8H,1-3H3,(H,18,20). The number of carbonyl (C=O) groups excluding carboxylic acids is 1. The number of halogens is 1. The van der Waals surface area contributed by atoms with Crippen LogP contribution >= 0.6 is 22.6 Å². The Morgan fingerprint density at radius 3 is 2.38 bits per heavy atom. The maximum Gasteiger partial charge on any atom is 0.271 e. The van der Waals surface area contributed by atoms with Crippen molar-refractivity contribution >= 4 is 39.9 Å². The summed E-state index contributed by atoms with van der Waals surface area (Å²) in [5.74, 6) is 0.563. The van der Waals surface area contributed by atoms with Gasteiger partial charge in [0, 0.05) is 15.7 Å². The number of methoxy groups -OCH3 is 2. The zero-order valence-electron chi connectivity index (χ0n) is 13.3. The third-order valence-corrected chi connectivity index (χ3v) is 4.29. The zero-order chi connectivity index (χ0) is 17.9. The van der Waals surface area contributed by atoms with Gasteiger partial charge in [0.1, 0.15) is 0 Å². The highest BCUT2D eigenvalue weighted by Crippen LogP contribution is 2.32. The molecule has 24 heavy (non-hydrogen) atoms.